The average molecular weight is 436 g/mol. The molecule has 158 valence electrons. The minimum Gasteiger partial charge on any atom is -0.402 e. The van der Waals surface area contributed by atoms with Crippen molar-refractivity contribution in [3.63, 3.8) is 0 Å². The van der Waals surface area contributed by atoms with Crippen LogP contribution in [0.2, 0.25) is 0 Å². The number of rotatable bonds is 0. The molecule has 3 rings (SSSR count). The third-order valence-corrected chi connectivity index (χ3v) is 6.37. The predicted molar refractivity (Wildman–Crippen MR) is 136 cm³/mol. The molecule has 2 atom stereocenters. The molecule has 30 heavy (non-hydrogen) atoms. The Kier molecular flexibility index (Phi) is 7.38. The highest BCUT2D eigenvalue weighted by Crippen LogP contribution is 2.32. The first-order valence-electron chi connectivity index (χ1n) is 10.9. The van der Waals surface area contributed by atoms with Gasteiger partial charge in [0.2, 0.25) is 0 Å². The molecule has 1 fully saturated rings. The molecular weight excluding hydrogens is 402 g/mol. The lowest BCUT2D eigenvalue weighted by molar-refractivity contribution is 0.337. The molecule has 2 N–H and O–H groups in total. The van der Waals surface area contributed by atoms with Gasteiger partial charge in [0.05, 0.1) is 0 Å². The highest BCUT2D eigenvalue weighted by Gasteiger charge is 2.23. The van der Waals surface area contributed by atoms with Crippen LogP contribution in [0.3, 0.4) is 0 Å². The lowest BCUT2D eigenvalue weighted by Crippen LogP contribution is -2.19. The number of thiol groups is 2. The fraction of sp³-hybridized carbons (Fsp3) is 0.481. The van der Waals surface area contributed by atoms with Crippen LogP contribution < -0.4 is 5.73 Å². The fourth-order valence-corrected chi connectivity index (χ4v) is 4.80. The largest absolute Gasteiger partial charge is 0.402 e. The highest BCUT2D eigenvalue weighted by molar-refractivity contribution is 7.82. The molecule has 1 nitrogen and oxygen atoms in total. The molecule has 0 saturated heterocycles. The van der Waals surface area contributed by atoms with Gasteiger partial charge in [-0.05, 0) is 88.3 Å². The van der Waals surface area contributed by atoms with E-state index in [0.717, 1.165) is 41.2 Å². The molecule has 0 radical (unpaired) electrons. The van der Waals surface area contributed by atoms with E-state index >= 15 is 0 Å². The second kappa shape index (κ2) is 9.64. The Balaban J connectivity index is 1.75. The van der Waals surface area contributed by atoms with Gasteiger partial charge in [0.25, 0.3) is 0 Å². The van der Waals surface area contributed by atoms with E-state index < -0.39 is 4.75 Å². The van der Waals surface area contributed by atoms with Crippen LogP contribution in [0.1, 0.15) is 59.3 Å². The number of hydrogen-bond donors (Lipinski definition) is 3. The summed E-state index contributed by atoms with van der Waals surface area (Å²) < 4.78 is -0.566. The molecule has 0 bridgehead atoms. The predicted octanol–water partition coefficient (Wildman–Crippen LogP) is 6.18. The molecule has 3 heteroatoms. The van der Waals surface area contributed by atoms with Crippen LogP contribution in [0.15, 0.2) is 58.9 Å². The van der Waals surface area contributed by atoms with Crippen LogP contribution >= 0.6 is 25.3 Å². The average Bonchev–Trinajstić information content (AvgIpc) is 2.88. The topological polar surface area (TPSA) is 26.0 Å². The van der Waals surface area contributed by atoms with Crippen LogP contribution in [0.5, 0.6) is 0 Å². The maximum absolute atomic E-state index is 6.04. The van der Waals surface area contributed by atoms with Crippen molar-refractivity contribution in [3.05, 3.63) is 58.9 Å². The smallest absolute Gasteiger partial charge is 0.0490 e. The van der Waals surface area contributed by atoms with Crippen LogP contribution in [0.25, 0.3) is 0 Å². The Bertz CT molecular complexity index is 940. The van der Waals surface area contributed by atoms with Gasteiger partial charge in [-0.1, -0.05) is 30.6 Å². The van der Waals surface area contributed by atoms with E-state index in [4.69, 9.17) is 31.0 Å². The molecule has 1 saturated carbocycles. The first kappa shape index (κ1) is 23.0. The molecule has 0 amide bonds. The van der Waals surface area contributed by atoms with Gasteiger partial charge in [0.15, 0.2) is 0 Å². The maximum Gasteiger partial charge on any atom is 0.0490 e. The van der Waals surface area contributed by atoms with Gasteiger partial charge in [-0.2, -0.15) is 25.3 Å². The van der Waals surface area contributed by atoms with Crippen molar-refractivity contribution in [1.29, 1.82) is 0 Å². The van der Waals surface area contributed by atoms with Gasteiger partial charge < -0.3 is 5.73 Å². The van der Waals surface area contributed by atoms with Crippen molar-refractivity contribution in [3.8, 4) is 23.7 Å². The second-order valence-corrected chi connectivity index (χ2v) is 11.6. The molecule has 0 aromatic rings. The van der Waals surface area contributed by atoms with Crippen LogP contribution in [0, 0.1) is 35.5 Å². The van der Waals surface area contributed by atoms with E-state index in [-0.39, 0.29) is 4.75 Å². The van der Waals surface area contributed by atoms with Crippen molar-refractivity contribution >= 4 is 25.3 Å². The van der Waals surface area contributed by atoms with E-state index in [1.165, 1.54) is 25.7 Å². The van der Waals surface area contributed by atoms with E-state index in [1.54, 1.807) is 0 Å². The molecule has 3 aliphatic carbocycles. The number of hydrogen-bond acceptors (Lipinski definition) is 3. The molecule has 0 spiro atoms. The van der Waals surface area contributed by atoms with Gasteiger partial charge in [0, 0.05) is 44.2 Å². The first-order valence-corrected chi connectivity index (χ1v) is 11.8. The summed E-state index contributed by atoms with van der Waals surface area (Å²) in [7, 11) is 0. The Morgan fingerprint density at radius 3 is 2.20 bits per heavy atom. The summed E-state index contributed by atoms with van der Waals surface area (Å²) >= 11 is 9.59. The summed E-state index contributed by atoms with van der Waals surface area (Å²) in [4.78, 5) is 0. The lowest BCUT2D eigenvalue weighted by atomic mass is 9.83. The van der Waals surface area contributed by atoms with Crippen molar-refractivity contribution in [2.45, 2.75) is 68.8 Å². The molecule has 0 aromatic carbocycles. The van der Waals surface area contributed by atoms with Crippen LogP contribution in [-0.4, -0.2) is 9.49 Å². The van der Waals surface area contributed by atoms with Crippen molar-refractivity contribution in [1.82, 2.24) is 0 Å². The van der Waals surface area contributed by atoms with Crippen LogP contribution in [-0.2, 0) is 0 Å². The van der Waals surface area contributed by atoms with E-state index in [1.807, 2.05) is 12.2 Å². The van der Waals surface area contributed by atoms with Crippen molar-refractivity contribution in [2.75, 3.05) is 0 Å². The fourth-order valence-electron chi connectivity index (χ4n) is 4.17. The van der Waals surface area contributed by atoms with Crippen molar-refractivity contribution < 1.29 is 0 Å². The second-order valence-electron chi connectivity index (χ2n) is 9.52. The zero-order valence-corrected chi connectivity index (χ0v) is 20.1. The molecule has 3 aliphatic rings. The first-order chi connectivity index (χ1) is 14.1. The third kappa shape index (κ3) is 7.23. The minimum absolute atomic E-state index is 0.176. The minimum atomic E-state index is -0.390. The summed E-state index contributed by atoms with van der Waals surface area (Å²) in [6, 6.07) is 0. The van der Waals surface area contributed by atoms with Gasteiger partial charge in [0.1, 0.15) is 0 Å². The third-order valence-electron chi connectivity index (χ3n) is 5.80. The van der Waals surface area contributed by atoms with Gasteiger partial charge in [-0.25, -0.2) is 0 Å². The SMILES string of the molecule is CC1CCC(C#CC2=CC(C)(S)C=C(C#CC3=CC=C(N)CC(C)(S)C3)C=C2)CC1. The summed E-state index contributed by atoms with van der Waals surface area (Å²) in [6.07, 6.45) is 18.9. The Morgan fingerprint density at radius 1 is 0.900 bits per heavy atom. The van der Waals surface area contributed by atoms with E-state index in [2.05, 4.69) is 68.8 Å². The zero-order chi connectivity index (χ0) is 21.8. The van der Waals surface area contributed by atoms with Crippen LogP contribution in [0.4, 0.5) is 0 Å². The molecule has 0 heterocycles. The molecule has 0 aliphatic heterocycles. The van der Waals surface area contributed by atoms with Crippen molar-refractivity contribution in [2.24, 2.45) is 17.6 Å². The number of allylic oxidation sites excluding steroid dienone is 8. The van der Waals surface area contributed by atoms with E-state index in [0.29, 0.717) is 5.92 Å². The van der Waals surface area contributed by atoms with Gasteiger partial charge in [-0.15, -0.1) is 0 Å². The molecule has 0 aromatic heterocycles. The summed E-state index contributed by atoms with van der Waals surface area (Å²) in [5.74, 6) is 14.9. The standard InChI is InChI=1S/C27H33NS2/c1-20-4-6-21(7-5-20)8-9-22-10-11-23(17-26(2,29)16-22)12-13-24-14-15-25(28)19-27(3,30)18-24/h10-11,14-17,20-21,29-30H,4-7,18-19,28H2,1-3H3. The van der Waals surface area contributed by atoms with Gasteiger partial charge in [-0.3, -0.25) is 0 Å². The summed E-state index contributed by atoms with van der Waals surface area (Å²) in [5, 5.41) is 0. The normalized spacial score (nSPS) is 33.9. The lowest BCUT2D eigenvalue weighted by Gasteiger charge is -2.22. The Labute approximate surface area is 193 Å². The number of nitrogens with two attached hydrogens (primary N) is 1. The Morgan fingerprint density at radius 2 is 1.53 bits per heavy atom. The quantitative estimate of drug-likeness (QED) is 0.307. The highest BCUT2D eigenvalue weighted by atomic mass is 32.1. The molecular formula is C27H33NS2. The molecule has 2 unspecified atom stereocenters. The van der Waals surface area contributed by atoms with Gasteiger partial charge >= 0.3 is 0 Å². The Hall–Kier alpha value is -1.68. The zero-order valence-electron chi connectivity index (χ0n) is 18.3. The summed E-state index contributed by atoms with van der Waals surface area (Å²) in [5.41, 5.74) is 9.91. The monoisotopic (exact) mass is 435 g/mol. The summed E-state index contributed by atoms with van der Waals surface area (Å²) in [6.45, 7) is 6.52. The maximum atomic E-state index is 6.04. The van der Waals surface area contributed by atoms with E-state index in [9.17, 15) is 0 Å².